The molecule has 0 saturated carbocycles. The number of aliphatic hydroxyl groups excluding tert-OH is 1. The number of piperidine rings is 1. The van der Waals surface area contributed by atoms with Gasteiger partial charge in [0.1, 0.15) is 0 Å². The van der Waals surface area contributed by atoms with Gasteiger partial charge in [-0.15, -0.1) is 0 Å². The van der Waals surface area contributed by atoms with Crippen LogP contribution in [0.2, 0.25) is 0 Å². The van der Waals surface area contributed by atoms with Crippen molar-refractivity contribution < 1.29 is 24.6 Å². The summed E-state index contributed by atoms with van der Waals surface area (Å²) in [5.41, 5.74) is -0.0726. The van der Waals surface area contributed by atoms with Gasteiger partial charge in [-0.1, -0.05) is 11.8 Å². The lowest BCUT2D eigenvalue weighted by Crippen LogP contribution is -2.48. The molecule has 0 aliphatic carbocycles. The first-order valence-corrected chi connectivity index (χ1v) is 8.28. The lowest BCUT2D eigenvalue weighted by molar-refractivity contribution is -0.145. The first kappa shape index (κ1) is 14.7. The van der Waals surface area contributed by atoms with Gasteiger partial charge in [0.25, 0.3) is 5.24 Å². The maximum Gasteiger partial charge on any atom is 0.354 e. The SMILES string of the molecule is O=C(O)C1=C(SC(=O)N2CCC(O)CC2)S[C@H]2CC(=O)N12. The van der Waals surface area contributed by atoms with Crippen molar-refractivity contribution in [2.45, 2.75) is 30.7 Å². The summed E-state index contributed by atoms with van der Waals surface area (Å²) in [4.78, 5) is 37.9. The normalized spacial score (nSPS) is 26.0. The minimum atomic E-state index is -1.18. The van der Waals surface area contributed by atoms with Crippen LogP contribution in [0.3, 0.4) is 0 Å². The second-order valence-corrected chi connectivity index (χ2v) is 7.48. The Kier molecular flexibility index (Phi) is 3.89. The van der Waals surface area contributed by atoms with Crippen LogP contribution >= 0.6 is 23.5 Å². The Bertz CT molecular complexity index is 542. The molecule has 3 heterocycles. The van der Waals surface area contributed by atoms with E-state index in [2.05, 4.69) is 0 Å². The van der Waals surface area contributed by atoms with Crippen LogP contribution in [0.5, 0.6) is 0 Å². The van der Waals surface area contributed by atoms with Crippen LogP contribution in [0, 0.1) is 0 Å². The van der Waals surface area contributed by atoms with Gasteiger partial charge in [0.15, 0.2) is 5.70 Å². The number of likely N-dealkylation sites (tertiary alicyclic amines) is 1. The van der Waals surface area contributed by atoms with Gasteiger partial charge in [0, 0.05) is 13.1 Å². The van der Waals surface area contributed by atoms with Crippen LogP contribution in [0.1, 0.15) is 19.3 Å². The number of amides is 2. The Morgan fingerprint density at radius 3 is 2.52 bits per heavy atom. The van der Waals surface area contributed by atoms with E-state index in [1.54, 1.807) is 4.90 Å². The zero-order valence-electron chi connectivity index (χ0n) is 11.0. The molecule has 2 fully saturated rings. The fourth-order valence-corrected chi connectivity index (χ4v) is 5.07. The average molecular weight is 330 g/mol. The zero-order valence-corrected chi connectivity index (χ0v) is 12.7. The van der Waals surface area contributed by atoms with Crippen molar-refractivity contribution in [3.05, 3.63) is 9.93 Å². The molecule has 0 aromatic carbocycles. The second kappa shape index (κ2) is 5.54. The molecule has 21 heavy (non-hydrogen) atoms. The highest BCUT2D eigenvalue weighted by molar-refractivity contribution is 8.29. The molecule has 7 nitrogen and oxygen atoms in total. The number of fused-ring (bicyclic) bond motifs is 1. The van der Waals surface area contributed by atoms with Gasteiger partial charge in [-0.25, -0.2) is 4.79 Å². The lowest BCUT2D eigenvalue weighted by atomic mass is 10.1. The topological polar surface area (TPSA) is 98.1 Å². The minimum Gasteiger partial charge on any atom is -0.477 e. The molecule has 2 amide bonds. The number of aliphatic carboxylic acids is 1. The number of hydrogen-bond donors (Lipinski definition) is 2. The summed E-state index contributed by atoms with van der Waals surface area (Å²) < 4.78 is 0.384. The van der Waals surface area contributed by atoms with E-state index in [0.717, 1.165) is 11.8 Å². The molecule has 0 aromatic rings. The molecular weight excluding hydrogens is 316 g/mol. The third-order valence-electron chi connectivity index (χ3n) is 3.69. The van der Waals surface area contributed by atoms with Crippen LogP contribution in [0.15, 0.2) is 9.93 Å². The first-order chi connectivity index (χ1) is 9.97. The highest BCUT2D eigenvalue weighted by Crippen LogP contribution is 2.50. The number of carboxylic acid groups (broad SMARTS) is 1. The van der Waals surface area contributed by atoms with Gasteiger partial charge in [0.05, 0.1) is 22.1 Å². The van der Waals surface area contributed by atoms with E-state index in [-0.39, 0.29) is 28.3 Å². The van der Waals surface area contributed by atoms with Crippen LogP contribution in [0.4, 0.5) is 4.79 Å². The standard InChI is InChI=1S/C12H14N2O5S2/c15-6-1-3-13(4-2-6)12(19)21-11-9(10(17)18)14-7(16)5-8(14)20-11/h6,8,15H,1-5H2,(H,17,18)/t8-/m0/s1. The largest absolute Gasteiger partial charge is 0.477 e. The molecule has 2 saturated heterocycles. The molecule has 0 bridgehead atoms. The number of carbonyl (C=O) groups excluding carboxylic acids is 2. The highest BCUT2D eigenvalue weighted by Gasteiger charge is 2.49. The summed E-state index contributed by atoms with van der Waals surface area (Å²) in [5, 5.41) is 18.3. The number of rotatable bonds is 2. The third kappa shape index (κ3) is 2.65. The number of aliphatic hydroxyl groups is 1. The maximum absolute atomic E-state index is 12.2. The van der Waals surface area contributed by atoms with E-state index < -0.39 is 5.97 Å². The number of hydrogen-bond acceptors (Lipinski definition) is 6. The van der Waals surface area contributed by atoms with Gasteiger partial charge in [-0.3, -0.25) is 14.5 Å². The van der Waals surface area contributed by atoms with Gasteiger partial charge in [-0.05, 0) is 24.6 Å². The molecule has 114 valence electrons. The monoisotopic (exact) mass is 330 g/mol. The van der Waals surface area contributed by atoms with Crippen LogP contribution in [0.25, 0.3) is 0 Å². The molecule has 2 N–H and O–H groups in total. The number of nitrogens with zero attached hydrogens (tertiary/aromatic N) is 2. The quantitative estimate of drug-likeness (QED) is 0.724. The van der Waals surface area contributed by atoms with Crippen molar-refractivity contribution in [2.24, 2.45) is 0 Å². The number of β-lactam (4-membered cyclic amide) rings is 1. The lowest BCUT2D eigenvalue weighted by Gasteiger charge is -2.33. The second-order valence-electron chi connectivity index (χ2n) is 5.07. The molecule has 3 rings (SSSR count). The van der Waals surface area contributed by atoms with E-state index in [1.807, 2.05) is 0 Å². The summed E-state index contributed by atoms with van der Waals surface area (Å²) >= 11 is 2.14. The van der Waals surface area contributed by atoms with Gasteiger partial charge in [-0.2, -0.15) is 0 Å². The Morgan fingerprint density at radius 1 is 1.29 bits per heavy atom. The van der Waals surface area contributed by atoms with Crippen molar-refractivity contribution in [1.82, 2.24) is 9.80 Å². The molecule has 0 radical (unpaired) electrons. The summed E-state index contributed by atoms with van der Waals surface area (Å²) in [6.45, 7) is 0.943. The van der Waals surface area contributed by atoms with Crippen molar-refractivity contribution >= 4 is 40.6 Å². The molecule has 0 aromatic heterocycles. The van der Waals surface area contributed by atoms with E-state index in [1.165, 1.54) is 16.7 Å². The predicted octanol–water partition coefficient (Wildman–Crippen LogP) is 0.855. The summed E-state index contributed by atoms with van der Waals surface area (Å²) in [5.74, 6) is -1.39. The third-order valence-corrected chi connectivity index (χ3v) is 6.10. The molecule has 9 heteroatoms. The average Bonchev–Trinajstić information content (AvgIpc) is 2.72. The van der Waals surface area contributed by atoms with E-state index >= 15 is 0 Å². The molecule has 1 atom stereocenters. The van der Waals surface area contributed by atoms with Crippen LogP contribution < -0.4 is 0 Å². The van der Waals surface area contributed by atoms with Gasteiger partial charge >= 0.3 is 5.97 Å². The Morgan fingerprint density at radius 2 is 1.95 bits per heavy atom. The van der Waals surface area contributed by atoms with Crippen molar-refractivity contribution in [3.63, 3.8) is 0 Å². The van der Waals surface area contributed by atoms with E-state index in [0.29, 0.717) is 36.6 Å². The molecule has 3 aliphatic rings. The smallest absolute Gasteiger partial charge is 0.354 e. The first-order valence-electron chi connectivity index (χ1n) is 6.58. The van der Waals surface area contributed by atoms with Crippen LogP contribution in [-0.2, 0) is 9.59 Å². The zero-order chi connectivity index (χ0) is 15.1. The fraction of sp³-hybridized carbons (Fsp3) is 0.583. The Hall–Kier alpha value is -1.19. The number of carbonyl (C=O) groups is 3. The highest BCUT2D eigenvalue weighted by atomic mass is 32.2. The molecule has 0 unspecified atom stereocenters. The summed E-state index contributed by atoms with van der Waals surface area (Å²) in [7, 11) is 0. The number of carboxylic acids is 1. The van der Waals surface area contributed by atoms with Crippen LogP contribution in [-0.4, -0.2) is 61.7 Å². The maximum atomic E-state index is 12.2. The molecule has 0 spiro atoms. The van der Waals surface area contributed by atoms with Crippen molar-refractivity contribution in [1.29, 1.82) is 0 Å². The van der Waals surface area contributed by atoms with E-state index in [4.69, 9.17) is 0 Å². The minimum absolute atomic E-state index is 0.0726. The summed E-state index contributed by atoms with van der Waals surface area (Å²) in [6.07, 6.45) is 1.03. The Labute approximate surface area is 129 Å². The molecule has 3 aliphatic heterocycles. The number of thioether (sulfide) groups is 2. The van der Waals surface area contributed by atoms with Gasteiger partial charge in [0.2, 0.25) is 5.91 Å². The molecular formula is C12H14N2O5S2. The Balaban J connectivity index is 1.71. The predicted molar refractivity (Wildman–Crippen MR) is 77.3 cm³/mol. The summed E-state index contributed by atoms with van der Waals surface area (Å²) in [6, 6.07) is 0. The fourth-order valence-electron chi connectivity index (χ4n) is 2.48. The van der Waals surface area contributed by atoms with Gasteiger partial charge < -0.3 is 15.1 Å². The van der Waals surface area contributed by atoms with E-state index in [9.17, 15) is 24.6 Å². The van der Waals surface area contributed by atoms with Crippen molar-refractivity contribution in [3.8, 4) is 0 Å². The van der Waals surface area contributed by atoms with Crippen molar-refractivity contribution in [2.75, 3.05) is 13.1 Å².